The topological polar surface area (TPSA) is 102 Å². The largest absolute Gasteiger partial charge is 0.481 e. The standard InChI is InChI=1S/C12H15BrN2O4/c1-6(3-10(16)17)15-11-8(13)4-7(5-9(11)14)12(18)19-2/h4-6,15H,3,14H2,1-2H3,(H,16,17). The third kappa shape index (κ3) is 4.13. The SMILES string of the molecule is COC(=O)c1cc(N)c(NC(C)CC(=O)O)c(Br)c1. The van der Waals surface area contributed by atoms with Gasteiger partial charge in [0.25, 0.3) is 0 Å². The van der Waals surface area contributed by atoms with E-state index in [1.165, 1.54) is 13.2 Å². The number of esters is 1. The summed E-state index contributed by atoms with van der Waals surface area (Å²) in [6.07, 6.45) is -0.0371. The fourth-order valence-corrected chi connectivity index (χ4v) is 2.17. The Balaban J connectivity index is 2.97. The van der Waals surface area contributed by atoms with Crippen LogP contribution in [0.15, 0.2) is 16.6 Å². The summed E-state index contributed by atoms with van der Waals surface area (Å²) in [6, 6.07) is 2.75. The number of halogens is 1. The second-order valence-electron chi connectivity index (χ2n) is 4.06. The predicted molar refractivity (Wildman–Crippen MR) is 75.2 cm³/mol. The molecule has 0 aliphatic carbocycles. The fourth-order valence-electron chi connectivity index (χ4n) is 1.58. The van der Waals surface area contributed by atoms with Gasteiger partial charge in [-0.3, -0.25) is 4.79 Å². The summed E-state index contributed by atoms with van der Waals surface area (Å²) < 4.78 is 5.18. The van der Waals surface area contributed by atoms with Gasteiger partial charge in [-0.1, -0.05) is 0 Å². The molecule has 6 nitrogen and oxygen atoms in total. The number of methoxy groups -OCH3 is 1. The van der Waals surface area contributed by atoms with Gasteiger partial charge in [-0.15, -0.1) is 0 Å². The maximum absolute atomic E-state index is 11.4. The van der Waals surface area contributed by atoms with Gasteiger partial charge in [-0.25, -0.2) is 4.79 Å². The van der Waals surface area contributed by atoms with Gasteiger partial charge in [0, 0.05) is 10.5 Å². The summed E-state index contributed by atoms with van der Waals surface area (Å²) in [5, 5.41) is 11.7. The predicted octanol–water partition coefficient (Wildman–Crippen LogP) is 2.09. The number of hydrogen-bond acceptors (Lipinski definition) is 5. The summed E-state index contributed by atoms with van der Waals surface area (Å²) in [7, 11) is 1.29. The van der Waals surface area contributed by atoms with Crippen LogP contribution >= 0.6 is 15.9 Å². The summed E-state index contributed by atoms with van der Waals surface area (Å²) in [6.45, 7) is 1.73. The van der Waals surface area contributed by atoms with Gasteiger partial charge >= 0.3 is 11.9 Å². The molecule has 0 saturated heterocycles. The molecule has 1 aromatic rings. The number of nitrogens with two attached hydrogens (primary N) is 1. The Bertz CT molecular complexity index is 481. The molecule has 1 aromatic carbocycles. The normalized spacial score (nSPS) is 11.7. The van der Waals surface area contributed by atoms with Gasteiger partial charge in [-0.05, 0) is 35.0 Å². The third-order valence-electron chi connectivity index (χ3n) is 2.41. The highest BCUT2D eigenvalue weighted by molar-refractivity contribution is 9.10. The van der Waals surface area contributed by atoms with E-state index in [0.29, 0.717) is 21.4 Å². The van der Waals surface area contributed by atoms with Crippen molar-refractivity contribution in [1.82, 2.24) is 0 Å². The number of carboxylic acid groups (broad SMARTS) is 1. The summed E-state index contributed by atoms with van der Waals surface area (Å²) >= 11 is 3.29. The lowest BCUT2D eigenvalue weighted by atomic mass is 10.1. The highest BCUT2D eigenvalue weighted by Crippen LogP contribution is 2.31. The van der Waals surface area contributed by atoms with Crippen molar-refractivity contribution in [2.45, 2.75) is 19.4 Å². The van der Waals surface area contributed by atoms with E-state index in [1.807, 2.05) is 0 Å². The van der Waals surface area contributed by atoms with Crippen LogP contribution in [0.3, 0.4) is 0 Å². The number of carbonyl (C=O) groups excluding carboxylic acids is 1. The van der Waals surface area contributed by atoms with Crippen LogP contribution in [0.4, 0.5) is 11.4 Å². The molecule has 7 heteroatoms. The van der Waals surface area contributed by atoms with E-state index in [0.717, 1.165) is 0 Å². The van der Waals surface area contributed by atoms with Crippen LogP contribution in [0.25, 0.3) is 0 Å². The molecule has 1 rings (SSSR count). The van der Waals surface area contributed by atoms with Crippen molar-refractivity contribution >= 4 is 39.2 Å². The molecule has 0 aliphatic rings. The van der Waals surface area contributed by atoms with Gasteiger partial charge < -0.3 is 20.9 Å². The Hall–Kier alpha value is -1.76. The van der Waals surface area contributed by atoms with Crippen molar-refractivity contribution in [3.63, 3.8) is 0 Å². The lowest BCUT2D eigenvalue weighted by Gasteiger charge is -2.17. The number of carbonyl (C=O) groups is 2. The van der Waals surface area contributed by atoms with Crippen molar-refractivity contribution in [3.8, 4) is 0 Å². The molecular formula is C12H15BrN2O4. The number of nitrogens with one attached hydrogen (secondary N) is 1. The molecule has 0 bridgehead atoms. The first kappa shape index (κ1) is 15.3. The molecule has 0 aromatic heterocycles. The Morgan fingerprint density at radius 2 is 2.16 bits per heavy atom. The first-order valence-electron chi connectivity index (χ1n) is 5.50. The monoisotopic (exact) mass is 330 g/mol. The summed E-state index contributed by atoms with van der Waals surface area (Å²) in [5.41, 5.74) is 7.07. The van der Waals surface area contributed by atoms with Crippen LogP contribution in [0, 0.1) is 0 Å². The number of nitrogen functional groups attached to an aromatic ring is 1. The van der Waals surface area contributed by atoms with Crippen molar-refractivity contribution in [2.75, 3.05) is 18.2 Å². The number of ether oxygens (including phenoxy) is 1. The second kappa shape index (κ2) is 6.42. The van der Waals surface area contributed by atoms with Gasteiger partial charge in [0.2, 0.25) is 0 Å². The Kier molecular flexibility index (Phi) is 5.17. The van der Waals surface area contributed by atoms with Crippen LogP contribution in [0.2, 0.25) is 0 Å². The van der Waals surface area contributed by atoms with Crippen LogP contribution in [0.1, 0.15) is 23.7 Å². The molecule has 0 radical (unpaired) electrons. The minimum Gasteiger partial charge on any atom is -0.481 e. The highest BCUT2D eigenvalue weighted by Gasteiger charge is 2.15. The van der Waals surface area contributed by atoms with E-state index in [-0.39, 0.29) is 12.5 Å². The Morgan fingerprint density at radius 1 is 1.53 bits per heavy atom. The van der Waals surface area contributed by atoms with Gasteiger partial charge in [0.15, 0.2) is 0 Å². The number of aliphatic carboxylic acids is 1. The number of hydrogen-bond donors (Lipinski definition) is 3. The molecule has 0 amide bonds. The van der Waals surface area contributed by atoms with E-state index in [9.17, 15) is 9.59 Å². The van der Waals surface area contributed by atoms with Crippen molar-refractivity contribution in [1.29, 1.82) is 0 Å². The van der Waals surface area contributed by atoms with E-state index >= 15 is 0 Å². The average molecular weight is 331 g/mol. The number of anilines is 2. The fraction of sp³-hybridized carbons (Fsp3) is 0.333. The van der Waals surface area contributed by atoms with E-state index in [1.54, 1.807) is 13.0 Å². The zero-order valence-corrected chi connectivity index (χ0v) is 12.2. The summed E-state index contributed by atoms with van der Waals surface area (Å²) in [4.78, 5) is 22.0. The Morgan fingerprint density at radius 3 is 2.63 bits per heavy atom. The molecule has 0 aliphatic heterocycles. The van der Waals surface area contributed by atoms with Crippen LogP contribution in [0.5, 0.6) is 0 Å². The van der Waals surface area contributed by atoms with Crippen molar-refractivity contribution in [3.05, 3.63) is 22.2 Å². The highest BCUT2D eigenvalue weighted by atomic mass is 79.9. The maximum atomic E-state index is 11.4. The number of benzene rings is 1. The van der Waals surface area contributed by atoms with Crippen molar-refractivity contribution < 1.29 is 19.4 Å². The molecule has 1 unspecified atom stereocenters. The second-order valence-corrected chi connectivity index (χ2v) is 4.91. The van der Waals surface area contributed by atoms with Crippen LogP contribution in [-0.4, -0.2) is 30.2 Å². The van der Waals surface area contributed by atoms with Crippen LogP contribution < -0.4 is 11.1 Å². The zero-order chi connectivity index (χ0) is 14.6. The maximum Gasteiger partial charge on any atom is 0.337 e. The van der Waals surface area contributed by atoms with Crippen molar-refractivity contribution in [2.24, 2.45) is 0 Å². The minimum atomic E-state index is -0.902. The van der Waals surface area contributed by atoms with Gasteiger partial charge in [0.1, 0.15) is 0 Å². The third-order valence-corrected chi connectivity index (χ3v) is 3.04. The first-order valence-corrected chi connectivity index (χ1v) is 6.30. The molecule has 1 atom stereocenters. The molecule has 0 fully saturated rings. The lowest BCUT2D eigenvalue weighted by molar-refractivity contribution is -0.137. The quantitative estimate of drug-likeness (QED) is 0.564. The molecule has 0 saturated carbocycles. The molecule has 19 heavy (non-hydrogen) atoms. The Labute approximate surface area is 119 Å². The van der Waals surface area contributed by atoms with E-state index < -0.39 is 11.9 Å². The van der Waals surface area contributed by atoms with Crippen LogP contribution in [-0.2, 0) is 9.53 Å². The minimum absolute atomic E-state index is 0.0371. The van der Waals surface area contributed by atoms with E-state index in [2.05, 4.69) is 26.0 Å². The zero-order valence-electron chi connectivity index (χ0n) is 10.6. The average Bonchev–Trinajstić information content (AvgIpc) is 2.31. The number of rotatable bonds is 5. The summed E-state index contributed by atoms with van der Waals surface area (Å²) in [5.74, 6) is -1.39. The lowest BCUT2D eigenvalue weighted by Crippen LogP contribution is -2.20. The molecule has 0 heterocycles. The number of carboxylic acids is 1. The molecule has 104 valence electrons. The van der Waals surface area contributed by atoms with Gasteiger partial charge in [-0.2, -0.15) is 0 Å². The van der Waals surface area contributed by atoms with E-state index in [4.69, 9.17) is 10.8 Å². The molecule has 0 spiro atoms. The first-order chi connectivity index (χ1) is 8.85. The molecule has 4 N–H and O–H groups in total. The molecular weight excluding hydrogens is 316 g/mol. The van der Waals surface area contributed by atoms with Gasteiger partial charge in [0.05, 0.1) is 30.5 Å². The smallest absolute Gasteiger partial charge is 0.337 e.